The minimum Gasteiger partial charge on any atom is -0.348 e. The van der Waals surface area contributed by atoms with E-state index < -0.39 is 0 Å². The lowest BCUT2D eigenvalue weighted by molar-refractivity contribution is -0.123. The second-order valence-corrected chi connectivity index (χ2v) is 5.26. The van der Waals surface area contributed by atoms with Gasteiger partial charge in [0.25, 0.3) is 0 Å². The van der Waals surface area contributed by atoms with Crippen LogP contribution in [0, 0.1) is 0 Å². The molecule has 1 aliphatic heterocycles. The molecule has 2 atom stereocenters. The van der Waals surface area contributed by atoms with Gasteiger partial charge in [0.1, 0.15) is 0 Å². The fourth-order valence-corrected chi connectivity index (χ4v) is 2.75. The lowest BCUT2D eigenvalue weighted by Gasteiger charge is -2.18. The normalized spacial score (nSPS) is 21.2. The Bertz CT molecular complexity index is 402. The van der Waals surface area contributed by atoms with Crippen molar-refractivity contribution in [3.63, 3.8) is 0 Å². The number of carbonyl (C=O) groups excluding carboxylic acids is 1. The number of benzene rings is 1. The lowest BCUT2D eigenvalue weighted by atomic mass is 10.1. The van der Waals surface area contributed by atoms with Gasteiger partial charge < -0.3 is 10.6 Å². The number of carbonyl (C=O) groups is 1. The van der Waals surface area contributed by atoms with Gasteiger partial charge in [0, 0.05) is 4.47 Å². The van der Waals surface area contributed by atoms with Crippen LogP contribution in [-0.2, 0) is 4.79 Å². The minimum atomic E-state index is -0.0139. The minimum absolute atomic E-state index is 0.0139. The highest BCUT2D eigenvalue weighted by molar-refractivity contribution is 9.10. The summed E-state index contributed by atoms with van der Waals surface area (Å²) in [6.07, 6.45) is 2.02. The highest BCUT2D eigenvalue weighted by atomic mass is 79.9. The molecule has 1 heterocycles. The molecule has 17 heavy (non-hydrogen) atoms. The van der Waals surface area contributed by atoms with Crippen molar-refractivity contribution in [2.45, 2.75) is 31.8 Å². The molecular formula is C13H17BrN2O. The van der Waals surface area contributed by atoms with Crippen LogP contribution in [0.3, 0.4) is 0 Å². The van der Waals surface area contributed by atoms with Gasteiger partial charge in [-0.15, -0.1) is 0 Å². The number of halogens is 1. The lowest BCUT2D eigenvalue weighted by Crippen LogP contribution is -2.41. The van der Waals surface area contributed by atoms with Crippen molar-refractivity contribution >= 4 is 21.8 Å². The van der Waals surface area contributed by atoms with Crippen LogP contribution < -0.4 is 10.6 Å². The van der Waals surface area contributed by atoms with Crippen molar-refractivity contribution in [2.24, 2.45) is 0 Å². The van der Waals surface area contributed by atoms with Crippen LogP contribution in [0.4, 0.5) is 0 Å². The summed E-state index contributed by atoms with van der Waals surface area (Å²) in [5.41, 5.74) is 1.11. The molecule has 1 aromatic rings. The molecule has 1 fully saturated rings. The Kier molecular flexibility index (Phi) is 4.18. The highest BCUT2D eigenvalue weighted by Gasteiger charge is 2.23. The van der Waals surface area contributed by atoms with Crippen LogP contribution in [0.1, 0.15) is 31.4 Å². The number of rotatable bonds is 3. The van der Waals surface area contributed by atoms with Gasteiger partial charge in [0.15, 0.2) is 0 Å². The average molecular weight is 297 g/mol. The standard InChI is InChI=1S/C13H17BrN2O/c1-9(10-5-2-3-6-11(10)14)16-13(17)12-7-4-8-15-12/h2-3,5-6,9,12,15H,4,7-8H2,1H3,(H,16,17)/t9-,12?/m0/s1. The van der Waals surface area contributed by atoms with Crippen LogP contribution in [-0.4, -0.2) is 18.5 Å². The second-order valence-electron chi connectivity index (χ2n) is 4.40. The second kappa shape index (κ2) is 5.65. The molecule has 0 aliphatic carbocycles. The van der Waals surface area contributed by atoms with E-state index in [1.54, 1.807) is 0 Å². The Labute approximate surface area is 110 Å². The first kappa shape index (κ1) is 12.6. The molecule has 0 radical (unpaired) electrons. The van der Waals surface area contributed by atoms with Crippen LogP contribution in [0.25, 0.3) is 0 Å². The fraction of sp³-hybridized carbons (Fsp3) is 0.462. The molecule has 2 rings (SSSR count). The van der Waals surface area contributed by atoms with Crippen molar-refractivity contribution < 1.29 is 4.79 Å². The monoisotopic (exact) mass is 296 g/mol. The molecule has 2 N–H and O–H groups in total. The van der Waals surface area contributed by atoms with E-state index in [9.17, 15) is 4.79 Å². The quantitative estimate of drug-likeness (QED) is 0.899. The predicted molar refractivity (Wildman–Crippen MR) is 71.7 cm³/mol. The summed E-state index contributed by atoms with van der Waals surface area (Å²) in [5, 5.41) is 6.25. The van der Waals surface area contributed by atoms with Crippen molar-refractivity contribution in [2.75, 3.05) is 6.54 Å². The van der Waals surface area contributed by atoms with Gasteiger partial charge in [-0.3, -0.25) is 4.79 Å². The summed E-state index contributed by atoms with van der Waals surface area (Å²) in [5.74, 6) is 0.103. The third kappa shape index (κ3) is 3.07. The van der Waals surface area contributed by atoms with E-state index in [-0.39, 0.29) is 18.0 Å². The summed E-state index contributed by atoms with van der Waals surface area (Å²) in [7, 11) is 0. The van der Waals surface area contributed by atoms with E-state index in [4.69, 9.17) is 0 Å². The van der Waals surface area contributed by atoms with E-state index >= 15 is 0 Å². The Hall–Kier alpha value is -0.870. The number of hydrogen-bond donors (Lipinski definition) is 2. The fourth-order valence-electron chi connectivity index (χ4n) is 2.13. The number of amides is 1. The Morgan fingerprint density at radius 1 is 1.53 bits per heavy atom. The summed E-state index contributed by atoms with van der Waals surface area (Å²) in [6.45, 7) is 2.95. The van der Waals surface area contributed by atoms with Crippen molar-refractivity contribution in [3.8, 4) is 0 Å². The third-order valence-electron chi connectivity index (χ3n) is 3.11. The SMILES string of the molecule is C[C@H](NC(=O)C1CCCN1)c1ccccc1Br. The number of hydrogen-bond acceptors (Lipinski definition) is 2. The van der Waals surface area contributed by atoms with Gasteiger partial charge in [0.2, 0.25) is 5.91 Å². The Morgan fingerprint density at radius 2 is 2.29 bits per heavy atom. The molecular weight excluding hydrogens is 280 g/mol. The molecule has 1 saturated heterocycles. The van der Waals surface area contributed by atoms with Gasteiger partial charge in [-0.1, -0.05) is 34.1 Å². The molecule has 0 aromatic heterocycles. The molecule has 1 amide bonds. The zero-order valence-electron chi connectivity index (χ0n) is 9.87. The maximum Gasteiger partial charge on any atom is 0.237 e. The molecule has 1 unspecified atom stereocenters. The summed E-state index contributed by atoms with van der Waals surface area (Å²) < 4.78 is 1.03. The Morgan fingerprint density at radius 3 is 2.94 bits per heavy atom. The smallest absolute Gasteiger partial charge is 0.237 e. The Balaban J connectivity index is 1.99. The first-order valence-corrected chi connectivity index (χ1v) is 6.76. The first-order valence-electron chi connectivity index (χ1n) is 5.96. The summed E-state index contributed by atoms with van der Waals surface area (Å²) in [4.78, 5) is 12.0. The van der Waals surface area contributed by atoms with Crippen molar-refractivity contribution in [3.05, 3.63) is 34.3 Å². The van der Waals surface area contributed by atoms with E-state index in [2.05, 4.69) is 26.6 Å². The predicted octanol–water partition coefficient (Wildman–Crippen LogP) is 2.38. The van der Waals surface area contributed by atoms with E-state index in [0.717, 1.165) is 29.4 Å². The molecule has 92 valence electrons. The van der Waals surface area contributed by atoms with Gasteiger partial charge >= 0.3 is 0 Å². The summed E-state index contributed by atoms with van der Waals surface area (Å²) >= 11 is 3.50. The van der Waals surface area contributed by atoms with Crippen LogP contribution in [0.15, 0.2) is 28.7 Å². The average Bonchev–Trinajstić information content (AvgIpc) is 2.82. The van der Waals surface area contributed by atoms with Gasteiger partial charge in [-0.25, -0.2) is 0 Å². The van der Waals surface area contributed by atoms with Crippen molar-refractivity contribution in [1.29, 1.82) is 0 Å². The summed E-state index contributed by atoms with van der Waals surface area (Å²) in [6, 6.07) is 7.99. The topological polar surface area (TPSA) is 41.1 Å². The largest absolute Gasteiger partial charge is 0.348 e. The molecule has 0 bridgehead atoms. The van der Waals surface area contributed by atoms with Crippen LogP contribution in [0.5, 0.6) is 0 Å². The van der Waals surface area contributed by atoms with Gasteiger partial charge in [-0.05, 0) is 37.9 Å². The zero-order valence-corrected chi connectivity index (χ0v) is 11.5. The molecule has 0 saturated carbocycles. The first-order chi connectivity index (χ1) is 8.18. The van der Waals surface area contributed by atoms with E-state index in [0.29, 0.717) is 0 Å². The van der Waals surface area contributed by atoms with E-state index in [1.165, 1.54) is 0 Å². The van der Waals surface area contributed by atoms with E-state index in [1.807, 2.05) is 31.2 Å². The maximum absolute atomic E-state index is 12.0. The number of nitrogens with one attached hydrogen (secondary N) is 2. The van der Waals surface area contributed by atoms with Crippen molar-refractivity contribution in [1.82, 2.24) is 10.6 Å². The van der Waals surface area contributed by atoms with Crippen LogP contribution in [0.2, 0.25) is 0 Å². The highest BCUT2D eigenvalue weighted by Crippen LogP contribution is 2.22. The van der Waals surface area contributed by atoms with Gasteiger partial charge in [-0.2, -0.15) is 0 Å². The molecule has 1 aliphatic rings. The zero-order chi connectivity index (χ0) is 12.3. The molecule has 4 heteroatoms. The molecule has 3 nitrogen and oxygen atoms in total. The van der Waals surface area contributed by atoms with Crippen LogP contribution >= 0.6 is 15.9 Å². The molecule has 0 spiro atoms. The maximum atomic E-state index is 12.0. The molecule has 1 aromatic carbocycles. The third-order valence-corrected chi connectivity index (χ3v) is 3.83. The van der Waals surface area contributed by atoms with Gasteiger partial charge in [0.05, 0.1) is 12.1 Å².